The van der Waals surface area contributed by atoms with E-state index in [1.807, 2.05) is 32.0 Å². The molecule has 1 aromatic carbocycles. The van der Waals surface area contributed by atoms with Crippen molar-refractivity contribution in [2.45, 2.75) is 58.8 Å². The van der Waals surface area contributed by atoms with Crippen LogP contribution in [0.15, 0.2) is 27.4 Å². The first kappa shape index (κ1) is 18.9. The molecule has 2 aromatic heterocycles. The van der Waals surface area contributed by atoms with Gasteiger partial charge in [0.15, 0.2) is 5.13 Å². The van der Waals surface area contributed by atoms with Gasteiger partial charge in [-0.3, -0.25) is 4.79 Å². The minimum atomic E-state index is -0.357. The number of nitrogens with zero attached hydrogens (tertiary/aromatic N) is 1. The van der Waals surface area contributed by atoms with Crippen LogP contribution in [0.1, 0.15) is 52.9 Å². The highest BCUT2D eigenvalue weighted by atomic mass is 32.1. The molecule has 3 aromatic rings. The highest BCUT2D eigenvalue weighted by Crippen LogP contribution is 2.29. The van der Waals surface area contributed by atoms with Crippen LogP contribution < -0.4 is 10.9 Å². The minimum absolute atomic E-state index is 0.119. The summed E-state index contributed by atoms with van der Waals surface area (Å²) < 4.78 is 5.47. The van der Waals surface area contributed by atoms with Crippen molar-refractivity contribution in [1.82, 2.24) is 4.98 Å². The lowest BCUT2D eigenvalue weighted by atomic mass is 10.0. The van der Waals surface area contributed by atoms with Crippen LogP contribution >= 0.6 is 11.3 Å². The molecule has 2 heterocycles. The molecule has 0 radical (unpaired) electrons. The molecule has 0 atom stereocenters. The second kappa shape index (κ2) is 7.87. The molecule has 4 rings (SSSR count). The summed E-state index contributed by atoms with van der Waals surface area (Å²) >= 11 is 1.58. The summed E-state index contributed by atoms with van der Waals surface area (Å²) in [5, 5.41) is 4.51. The van der Waals surface area contributed by atoms with E-state index in [-0.39, 0.29) is 18.0 Å². The van der Waals surface area contributed by atoms with Gasteiger partial charge < -0.3 is 9.73 Å². The van der Waals surface area contributed by atoms with Crippen LogP contribution in [0, 0.1) is 13.8 Å². The van der Waals surface area contributed by atoms with E-state index in [0.29, 0.717) is 22.7 Å². The molecule has 6 heteroatoms. The van der Waals surface area contributed by atoms with E-state index in [4.69, 9.17) is 4.42 Å². The second-order valence-corrected chi connectivity index (χ2v) is 8.57. The zero-order chi connectivity index (χ0) is 19.7. The van der Waals surface area contributed by atoms with E-state index >= 15 is 0 Å². The predicted octanol–water partition coefficient (Wildman–Crippen LogP) is 4.71. The van der Waals surface area contributed by atoms with Crippen LogP contribution in [-0.4, -0.2) is 10.9 Å². The third-order valence-corrected chi connectivity index (χ3v) is 6.46. The smallest absolute Gasteiger partial charge is 0.339 e. The number of thiazole rings is 1. The van der Waals surface area contributed by atoms with Crippen molar-refractivity contribution in [2.24, 2.45) is 0 Å². The van der Waals surface area contributed by atoms with Gasteiger partial charge >= 0.3 is 5.63 Å². The molecule has 0 spiro atoms. The van der Waals surface area contributed by atoms with E-state index in [2.05, 4.69) is 10.3 Å². The molecule has 146 valence electrons. The molecule has 1 aliphatic rings. The second-order valence-electron chi connectivity index (χ2n) is 7.49. The maximum atomic E-state index is 12.4. The molecule has 1 N–H and O–H groups in total. The number of carbonyl (C=O) groups is 1. The monoisotopic (exact) mass is 396 g/mol. The number of carbonyl (C=O) groups excluding carboxylic acids is 1. The number of amides is 1. The zero-order valence-electron chi connectivity index (χ0n) is 16.3. The van der Waals surface area contributed by atoms with Crippen LogP contribution in [-0.2, 0) is 24.1 Å². The van der Waals surface area contributed by atoms with E-state index in [9.17, 15) is 9.59 Å². The van der Waals surface area contributed by atoms with Gasteiger partial charge in [-0.05, 0) is 63.1 Å². The van der Waals surface area contributed by atoms with Crippen LogP contribution in [0.5, 0.6) is 0 Å². The number of aryl methyl sites for hydroxylation is 4. The Balaban J connectivity index is 1.46. The van der Waals surface area contributed by atoms with Gasteiger partial charge in [0.1, 0.15) is 5.58 Å². The normalized spacial score (nSPS) is 13.9. The highest BCUT2D eigenvalue weighted by Gasteiger charge is 2.17. The van der Waals surface area contributed by atoms with Gasteiger partial charge in [0.2, 0.25) is 5.91 Å². The Labute approximate surface area is 167 Å². The summed E-state index contributed by atoms with van der Waals surface area (Å²) in [6, 6.07) is 5.83. The largest absolute Gasteiger partial charge is 0.423 e. The molecule has 1 aliphatic carbocycles. The van der Waals surface area contributed by atoms with Crippen molar-refractivity contribution in [1.29, 1.82) is 0 Å². The fourth-order valence-electron chi connectivity index (χ4n) is 3.79. The zero-order valence-corrected chi connectivity index (χ0v) is 17.1. The lowest BCUT2D eigenvalue weighted by Gasteiger charge is -2.08. The average molecular weight is 397 g/mol. The fourth-order valence-corrected chi connectivity index (χ4v) is 4.86. The first-order valence-corrected chi connectivity index (χ1v) is 10.6. The predicted molar refractivity (Wildman–Crippen MR) is 112 cm³/mol. The number of aromatic nitrogens is 1. The van der Waals surface area contributed by atoms with E-state index in [1.54, 1.807) is 11.3 Å². The van der Waals surface area contributed by atoms with Crippen molar-refractivity contribution in [3.63, 3.8) is 0 Å². The van der Waals surface area contributed by atoms with Gasteiger partial charge in [-0.25, -0.2) is 9.78 Å². The Kier molecular flexibility index (Phi) is 5.31. The highest BCUT2D eigenvalue weighted by molar-refractivity contribution is 7.15. The summed E-state index contributed by atoms with van der Waals surface area (Å²) in [4.78, 5) is 30.7. The first-order chi connectivity index (χ1) is 13.5. The molecule has 1 amide bonds. The summed E-state index contributed by atoms with van der Waals surface area (Å²) in [5.41, 5.74) is 3.88. The summed E-state index contributed by atoms with van der Waals surface area (Å²) in [6.45, 7) is 3.88. The van der Waals surface area contributed by atoms with Gasteiger partial charge in [-0.1, -0.05) is 18.6 Å². The SMILES string of the molecule is Cc1ccc2c(C)c(CCC(=O)Nc3nc4c(s3)CCCCC4)c(=O)oc2c1. The van der Waals surface area contributed by atoms with Gasteiger partial charge in [0.05, 0.1) is 5.69 Å². The fraction of sp³-hybridized carbons (Fsp3) is 0.409. The van der Waals surface area contributed by atoms with Crippen LogP contribution in [0.2, 0.25) is 0 Å². The lowest BCUT2D eigenvalue weighted by molar-refractivity contribution is -0.116. The molecule has 0 saturated heterocycles. The average Bonchev–Trinajstić information content (AvgIpc) is 2.89. The lowest BCUT2D eigenvalue weighted by Crippen LogP contribution is -2.16. The summed E-state index contributed by atoms with van der Waals surface area (Å²) in [6.07, 6.45) is 6.25. The Morgan fingerprint density at radius 3 is 2.89 bits per heavy atom. The number of nitrogens with one attached hydrogen (secondary N) is 1. The molecule has 0 unspecified atom stereocenters. The van der Waals surface area contributed by atoms with Crippen molar-refractivity contribution >= 4 is 33.3 Å². The number of fused-ring (bicyclic) bond motifs is 2. The molecular formula is C22H24N2O3S. The Morgan fingerprint density at radius 2 is 2.04 bits per heavy atom. The Bertz CT molecular complexity index is 1070. The first-order valence-electron chi connectivity index (χ1n) is 9.82. The number of hydrogen-bond donors (Lipinski definition) is 1. The molecule has 0 aliphatic heterocycles. The summed E-state index contributed by atoms with van der Waals surface area (Å²) in [7, 11) is 0. The molecule has 5 nitrogen and oxygen atoms in total. The van der Waals surface area contributed by atoms with Crippen LogP contribution in [0.25, 0.3) is 11.0 Å². The summed E-state index contributed by atoms with van der Waals surface area (Å²) in [5.74, 6) is -0.119. The van der Waals surface area contributed by atoms with Crippen molar-refractivity contribution in [3.8, 4) is 0 Å². The minimum Gasteiger partial charge on any atom is -0.423 e. The van der Waals surface area contributed by atoms with Gasteiger partial charge in [-0.15, -0.1) is 11.3 Å². The standard InChI is InChI=1S/C22H24N2O3S/c1-13-8-9-15-14(2)16(21(26)27-18(15)12-13)10-11-20(25)24-22-23-17-6-4-3-5-7-19(17)28-22/h8-9,12H,3-7,10-11H2,1-2H3,(H,23,24,25). The van der Waals surface area contributed by atoms with Crippen molar-refractivity contribution < 1.29 is 9.21 Å². The molecule has 0 saturated carbocycles. The molecular weight excluding hydrogens is 372 g/mol. The van der Waals surface area contributed by atoms with Gasteiger partial charge in [-0.2, -0.15) is 0 Å². The molecule has 28 heavy (non-hydrogen) atoms. The third-order valence-electron chi connectivity index (χ3n) is 5.39. The van der Waals surface area contributed by atoms with E-state index in [0.717, 1.165) is 35.0 Å². The quantitative estimate of drug-likeness (QED) is 0.512. The topological polar surface area (TPSA) is 72.2 Å². The molecule has 0 fully saturated rings. The maximum absolute atomic E-state index is 12.4. The van der Waals surface area contributed by atoms with Gasteiger partial charge in [0, 0.05) is 22.2 Å². The third kappa shape index (κ3) is 3.87. The van der Waals surface area contributed by atoms with Crippen LogP contribution in [0.3, 0.4) is 0 Å². The van der Waals surface area contributed by atoms with E-state index in [1.165, 1.54) is 24.1 Å². The number of hydrogen-bond acceptors (Lipinski definition) is 5. The van der Waals surface area contributed by atoms with E-state index < -0.39 is 0 Å². The molecule has 0 bridgehead atoms. The number of anilines is 1. The number of rotatable bonds is 4. The van der Waals surface area contributed by atoms with Crippen molar-refractivity contribution in [2.75, 3.05) is 5.32 Å². The number of benzene rings is 1. The maximum Gasteiger partial charge on any atom is 0.339 e. The van der Waals surface area contributed by atoms with Crippen LogP contribution in [0.4, 0.5) is 5.13 Å². The van der Waals surface area contributed by atoms with Gasteiger partial charge in [0.25, 0.3) is 0 Å². The Morgan fingerprint density at radius 1 is 1.21 bits per heavy atom. The Hall–Kier alpha value is -2.47. The van der Waals surface area contributed by atoms with Crippen molar-refractivity contribution in [3.05, 3.63) is 55.9 Å².